The second-order valence-corrected chi connectivity index (χ2v) is 6.02. The number of aromatic nitrogens is 1. The molecular weight excluding hydrogens is 324 g/mol. The Bertz CT molecular complexity index is 947. The molecule has 0 saturated heterocycles. The minimum Gasteiger partial charge on any atom is -0.493 e. The van der Waals surface area contributed by atoms with Crippen LogP contribution >= 0.6 is 0 Å². The zero-order chi connectivity index (χ0) is 18.4. The van der Waals surface area contributed by atoms with Crippen molar-refractivity contribution in [1.82, 2.24) is 4.98 Å². The van der Waals surface area contributed by atoms with Crippen LogP contribution < -0.4 is 4.74 Å². The van der Waals surface area contributed by atoms with Crippen LogP contribution in [-0.4, -0.2) is 11.6 Å². The molecule has 0 atom stereocenters. The summed E-state index contributed by atoms with van der Waals surface area (Å²) in [5.41, 5.74) is 4.04. The van der Waals surface area contributed by atoms with E-state index in [1.54, 1.807) is 6.08 Å². The van der Waals surface area contributed by atoms with E-state index in [-0.39, 0.29) is 0 Å². The molecule has 130 valence electrons. The highest BCUT2D eigenvalue weighted by Crippen LogP contribution is 2.23. The number of nitriles is 1. The molecule has 4 heteroatoms. The Balaban J connectivity index is 1.60. The van der Waals surface area contributed by atoms with Crippen LogP contribution in [0.5, 0.6) is 5.75 Å². The number of hydrogen-bond donors (Lipinski definition) is 0. The lowest BCUT2D eigenvalue weighted by Crippen LogP contribution is -2.02. The average molecular weight is 344 g/mol. The molecule has 3 aromatic rings. The maximum absolute atomic E-state index is 8.54. The average Bonchev–Trinajstić information content (AvgIpc) is 3.02. The molecule has 0 aliphatic heterocycles. The standard InChI is InChI=1S/C22H20N2O2/c1-16-5-3-7-19(15-16)22-24-21(17(2)26-22)12-14-25-20-10-8-18(9-11-20)6-4-13-23/h3-11,15H,12,14H2,1-2H3/b6-4+. The number of hydrogen-bond acceptors (Lipinski definition) is 4. The van der Waals surface area contributed by atoms with Crippen molar-refractivity contribution >= 4 is 6.08 Å². The van der Waals surface area contributed by atoms with E-state index in [0.717, 1.165) is 28.3 Å². The minimum atomic E-state index is 0.522. The van der Waals surface area contributed by atoms with Crippen molar-refractivity contribution in [3.05, 3.63) is 77.2 Å². The van der Waals surface area contributed by atoms with Gasteiger partial charge >= 0.3 is 0 Å². The second-order valence-electron chi connectivity index (χ2n) is 6.02. The molecule has 1 heterocycles. The zero-order valence-corrected chi connectivity index (χ0v) is 14.9. The highest BCUT2D eigenvalue weighted by Gasteiger charge is 2.11. The van der Waals surface area contributed by atoms with E-state index in [1.165, 1.54) is 11.6 Å². The fourth-order valence-electron chi connectivity index (χ4n) is 2.64. The lowest BCUT2D eigenvalue weighted by atomic mass is 10.1. The van der Waals surface area contributed by atoms with Gasteiger partial charge in [-0.3, -0.25) is 0 Å². The summed E-state index contributed by atoms with van der Waals surface area (Å²) >= 11 is 0. The summed E-state index contributed by atoms with van der Waals surface area (Å²) in [7, 11) is 0. The molecule has 0 N–H and O–H groups in total. The van der Waals surface area contributed by atoms with Gasteiger partial charge in [0.05, 0.1) is 18.4 Å². The van der Waals surface area contributed by atoms with Crippen LogP contribution in [0.4, 0.5) is 0 Å². The molecule has 0 radical (unpaired) electrons. The smallest absolute Gasteiger partial charge is 0.226 e. The number of benzene rings is 2. The van der Waals surface area contributed by atoms with Gasteiger partial charge in [0.15, 0.2) is 0 Å². The summed E-state index contributed by atoms with van der Waals surface area (Å²) in [6.07, 6.45) is 3.89. The van der Waals surface area contributed by atoms with Crippen LogP contribution in [0, 0.1) is 25.2 Å². The van der Waals surface area contributed by atoms with Gasteiger partial charge in [0, 0.05) is 18.1 Å². The van der Waals surface area contributed by atoms with Gasteiger partial charge in [0.2, 0.25) is 5.89 Å². The normalized spacial score (nSPS) is 10.8. The van der Waals surface area contributed by atoms with E-state index in [4.69, 9.17) is 14.4 Å². The molecule has 0 amide bonds. The van der Waals surface area contributed by atoms with E-state index in [2.05, 4.69) is 24.0 Å². The van der Waals surface area contributed by atoms with E-state index in [0.29, 0.717) is 18.9 Å². The first kappa shape index (κ1) is 17.5. The lowest BCUT2D eigenvalue weighted by Gasteiger charge is -2.05. The SMILES string of the molecule is Cc1cccc(-c2nc(CCOc3ccc(/C=C/C#N)cc3)c(C)o2)c1. The Morgan fingerprint density at radius 3 is 2.69 bits per heavy atom. The van der Waals surface area contributed by atoms with Crippen molar-refractivity contribution < 1.29 is 9.15 Å². The summed E-state index contributed by atoms with van der Waals surface area (Å²) in [5, 5.41) is 8.54. The second kappa shape index (κ2) is 8.17. The third-order valence-electron chi connectivity index (χ3n) is 4.00. The van der Waals surface area contributed by atoms with E-state index in [1.807, 2.05) is 49.4 Å². The molecule has 0 saturated carbocycles. The predicted molar refractivity (Wildman–Crippen MR) is 102 cm³/mol. The molecule has 0 aliphatic rings. The third kappa shape index (κ3) is 4.40. The van der Waals surface area contributed by atoms with Crippen LogP contribution in [0.15, 0.2) is 59.0 Å². The van der Waals surface area contributed by atoms with Crippen LogP contribution in [0.25, 0.3) is 17.5 Å². The van der Waals surface area contributed by atoms with Crippen molar-refractivity contribution in [1.29, 1.82) is 5.26 Å². The number of allylic oxidation sites excluding steroid dienone is 1. The molecule has 0 unspecified atom stereocenters. The molecule has 1 aromatic heterocycles. The van der Waals surface area contributed by atoms with Crippen molar-refractivity contribution in [2.24, 2.45) is 0 Å². The molecule has 4 nitrogen and oxygen atoms in total. The Morgan fingerprint density at radius 1 is 1.15 bits per heavy atom. The molecule has 0 spiro atoms. The lowest BCUT2D eigenvalue weighted by molar-refractivity contribution is 0.320. The van der Waals surface area contributed by atoms with E-state index in [9.17, 15) is 0 Å². The molecule has 0 fully saturated rings. The van der Waals surface area contributed by atoms with Gasteiger partial charge in [-0.15, -0.1) is 0 Å². The van der Waals surface area contributed by atoms with Crippen molar-refractivity contribution in [2.75, 3.05) is 6.61 Å². The topological polar surface area (TPSA) is 59.0 Å². The van der Waals surface area contributed by atoms with Crippen molar-refractivity contribution in [2.45, 2.75) is 20.3 Å². The zero-order valence-electron chi connectivity index (χ0n) is 14.9. The summed E-state index contributed by atoms with van der Waals surface area (Å²) in [4.78, 5) is 4.61. The van der Waals surface area contributed by atoms with Crippen molar-refractivity contribution in [3.63, 3.8) is 0 Å². The van der Waals surface area contributed by atoms with Gasteiger partial charge in [0.25, 0.3) is 0 Å². The highest BCUT2D eigenvalue weighted by atomic mass is 16.5. The molecular formula is C22H20N2O2. The minimum absolute atomic E-state index is 0.522. The molecule has 26 heavy (non-hydrogen) atoms. The molecule has 0 bridgehead atoms. The number of aryl methyl sites for hydroxylation is 2. The van der Waals surface area contributed by atoms with Crippen LogP contribution in [0.3, 0.4) is 0 Å². The molecule has 2 aromatic carbocycles. The largest absolute Gasteiger partial charge is 0.493 e. The van der Waals surface area contributed by atoms with Gasteiger partial charge in [0.1, 0.15) is 11.5 Å². The van der Waals surface area contributed by atoms with Crippen molar-refractivity contribution in [3.8, 4) is 23.3 Å². The highest BCUT2D eigenvalue weighted by molar-refractivity contribution is 5.55. The Labute approximate surface area is 153 Å². The maximum atomic E-state index is 8.54. The van der Waals surface area contributed by atoms with Gasteiger partial charge in [-0.05, 0) is 49.8 Å². The van der Waals surface area contributed by atoms with Gasteiger partial charge < -0.3 is 9.15 Å². The first-order valence-corrected chi connectivity index (χ1v) is 8.48. The van der Waals surface area contributed by atoms with Gasteiger partial charge in [-0.25, -0.2) is 4.98 Å². The van der Waals surface area contributed by atoms with Crippen LogP contribution in [-0.2, 0) is 6.42 Å². The van der Waals surface area contributed by atoms with E-state index >= 15 is 0 Å². The van der Waals surface area contributed by atoms with E-state index < -0.39 is 0 Å². The van der Waals surface area contributed by atoms with Crippen LogP contribution in [0.2, 0.25) is 0 Å². The molecule has 3 rings (SSSR count). The van der Waals surface area contributed by atoms with Gasteiger partial charge in [-0.2, -0.15) is 5.26 Å². The summed E-state index contributed by atoms with van der Waals surface area (Å²) in [5.74, 6) is 2.26. The quantitative estimate of drug-likeness (QED) is 0.583. The predicted octanol–water partition coefficient (Wildman–Crippen LogP) is 5.12. The van der Waals surface area contributed by atoms with Crippen LogP contribution in [0.1, 0.15) is 22.6 Å². The monoisotopic (exact) mass is 344 g/mol. The Morgan fingerprint density at radius 2 is 1.96 bits per heavy atom. The number of rotatable bonds is 6. The Kier molecular flexibility index (Phi) is 5.50. The first-order chi connectivity index (χ1) is 12.7. The number of nitrogens with zero attached hydrogens (tertiary/aromatic N) is 2. The van der Waals surface area contributed by atoms with Gasteiger partial charge in [-0.1, -0.05) is 29.8 Å². The fraction of sp³-hybridized carbons (Fsp3) is 0.182. The first-order valence-electron chi connectivity index (χ1n) is 8.48. The summed E-state index contributed by atoms with van der Waals surface area (Å²) in [6.45, 7) is 4.50. The summed E-state index contributed by atoms with van der Waals surface area (Å²) < 4.78 is 11.6. The number of oxazole rings is 1. The number of ether oxygens (including phenoxy) is 1. The Hall–Kier alpha value is -3.32. The third-order valence-corrected chi connectivity index (χ3v) is 4.00. The molecule has 0 aliphatic carbocycles. The maximum Gasteiger partial charge on any atom is 0.226 e. The summed E-state index contributed by atoms with van der Waals surface area (Å²) in [6, 6.07) is 17.7. The fourth-order valence-corrected chi connectivity index (χ4v) is 2.64.